The zero-order chi connectivity index (χ0) is 14.4. The molecular weight excluding hydrogens is 274 g/mol. The maximum absolute atomic E-state index is 6.03. The van der Waals surface area contributed by atoms with Crippen LogP contribution >= 0.6 is 11.6 Å². The number of benzene rings is 2. The topological polar surface area (TPSA) is 30.5 Å². The molecule has 3 nitrogen and oxygen atoms in total. The normalized spacial score (nSPS) is 10.2. The van der Waals surface area contributed by atoms with Crippen LogP contribution in [-0.2, 0) is 6.54 Å². The molecule has 0 aliphatic rings. The molecule has 2 rings (SSSR count). The van der Waals surface area contributed by atoms with E-state index in [9.17, 15) is 0 Å². The van der Waals surface area contributed by atoms with Gasteiger partial charge in [-0.2, -0.15) is 0 Å². The number of hydrogen-bond donors (Lipinski definition) is 1. The molecule has 0 bridgehead atoms. The van der Waals surface area contributed by atoms with Gasteiger partial charge in [0.2, 0.25) is 0 Å². The number of hydrogen-bond acceptors (Lipinski definition) is 3. The largest absolute Gasteiger partial charge is 0.497 e. The molecular formula is C16H18ClNO2. The average molecular weight is 292 g/mol. The maximum Gasteiger partial charge on any atom is 0.142 e. The van der Waals surface area contributed by atoms with E-state index in [0.29, 0.717) is 18.2 Å². The summed E-state index contributed by atoms with van der Waals surface area (Å²) in [4.78, 5) is 0. The van der Waals surface area contributed by atoms with Crippen LogP contribution < -0.4 is 14.8 Å². The molecule has 0 saturated carbocycles. The highest BCUT2D eigenvalue weighted by Crippen LogP contribution is 2.28. The van der Waals surface area contributed by atoms with E-state index in [1.165, 1.54) is 0 Å². The molecule has 0 atom stereocenters. The number of anilines is 1. The number of rotatable bonds is 6. The van der Waals surface area contributed by atoms with Crippen LogP contribution in [-0.4, -0.2) is 13.7 Å². The van der Waals surface area contributed by atoms with Crippen LogP contribution in [0.15, 0.2) is 42.5 Å². The van der Waals surface area contributed by atoms with Crippen molar-refractivity contribution in [3.63, 3.8) is 0 Å². The van der Waals surface area contributed by atoms with Gasteiger partial charge in [-0.15, -0.1) is 0 Å². The Labute approximate surface area is 124 Å². The number of halogens is 1. The Morgan fingerprint density at radius 1 is 1.15 bits per heavy atom. The molecule has 20 heavy (non-hydrogen) atoms. The fourth-order valence-corrected chi connectivity index (χ4v) is 2.07. The van der Waals surface area contributed by atoms with Gasteiger partial charge in [-0.1, -0.05) is 23.7 Å². The Morgan fingerprint density at radius 3 is 2.75 bits per heavy atom. The molecule has 0 amide bonds. The van der Waals surface area contributed by atoms with Crippen molar-refractivity contribution in [1.82, 2.24) is 0 Å². The van der Waals surface area contributed by atoms with Crippen LogP contribution in [0.1, 0.15) is 12.5 Å². The fourth-order valence-electron chi connectivity index (χ4n) is 1.90. The zero-order valence-electron chi connectivity index (χ0n) is 11.7. The molecule has 4 heteroatoms. The summed E-state index contributed by atoms with van der Waals surface area (Å²) < 4.78 is 10.8. The molecule has 106 valence electrons. The molecule has 0 aliphatic carbocycles. The molecule has 1 N–H and O–H groups in total. The van der Waals surface area contributed by atoms with Crippen molar-refractivity contribution in [1.29, 1.82) is 0 Å². The van der Waals surface area contributed by atoms with Gasteiger partial charge in [0.15, 0.2) is 0 Å². The van der Waals surface area contributed by atoms with Gasteiger partial charge in [-0.25, -0.2) is 0 Å². The molecule has 0 aliphatic heterocycles. The number of ether oxygens (including phenoxy) is 2. The first kappa shape index (κ1) is 14.5. The van der Waals surface area contributed by atoms with Crippen LogP contribution in [0.4, 0.5) is 5.69 Å². The molecule has 0 spiro atoms. The lowest BCUT2D eigenvalue weighted by Gasteiger charge is -2.13. The van der Waals surface area contributed by atoms with Crippen LogP contribution in [0.5, 0.6) is 11.5 Å². The zero-order valence-corrected chi connectivity index (χ0v) is 12.4. The van der Waals surface area contributed by atoms with Gasteiger partial charge in [-0.3, -0.25) is 0 Å². The van der Waals surface area contributed by atoms with Crippen LogP contribution in [0.3, 0.4) is 0 Å². The lowest BCUT2D eigenvalue weighted by molar-refractivity contribution is 0.341. The van der Waals surface area contributed by atoms with E-state index < -0.39 is 0 Å². The van der Waals surface area contributed by atoms with Crippen LogP contribution in [0.2, 0.25) is 5.02 Å². The van der Waals surface area contributed by atoms with Crippen molar-refractivity contribution in [2.75, 3.05) is 19.0 Å². The minimum absolute atomic E-state index is 0.621. The summed E-state index contributed by atoms with van der Waals surface area (Å²) in [6, 6.07) is 13.5. The second-order valence-electron chi connectivity index (χ2n) is 4.28. The summed E-state index contributed by atoms with van der Waals surface area (Å²) in [5.74, 6) is 1.65. The second-order valence-corrected chi connectivity index (χ2v) is 4.72. The first-order valence-electron chi connectivity index (χ1n) is 6.52. The lowest BCUT2D eigenvalue weighted by Crippen LogP contribution is -2.03. The Morgan fingerprint density at radius 2 is 2.00 bits per heavy atom. The van der Waals surface area contributed by atoms with Gasteiger partial charge in [-0.05, 0) is 42.8 Å². The van der Waals surface area contributed by atoms with E-state index in [1.54, 1.807) is 7.11 Å². The van der Waals surface area contributed by atoms with E-state index >= 15 is 0 Å². The van der Waals surface area contributed by atoms with E-state index in [0.717, 1.165) is 22.7 Å². The van der Waals surface area contributed by atoms with Crippen molar-refractivity contribution in [2.45, 2.75) is 13.5 Å². The highest BCUT2D eigenvalue weighted by atomic mass is 35.5. The summed E-state index contributed by atoms with van der Waals surface area (Å²) in [5, 5.41) is 4.02. The third-order valence-corrected chi connectivity index (χ3v) is 3.09. The van der Waals surface area contributed by atoms with Crippen molar-refractivity contribution < 1.29 is 9.47 Å². The molecule has 0 fully saturated rings. The van der Waals surface area contributed by atoms with Crippen molar-refractivity contribution in [3.8, 4) is 11.5 Å². The quantitative estimate of drug-likeness (QED) is 0.858. The molecule has 0 aromatic heterocycles. The Hall–Kier alpha value is -1.87. The highest BCUT2D eigenvalue weighted by molar-refractivity contribution is 6.30. The third kappa shape index (κ3) is 3.81. The minimum Gasteiger partial charge on any atom is -0.497 e. The van der Waals surface area contributed by atoms with Gasteiger partial charge in [0.25, 0.3) is 0 Å². The minimum atomic E-state index is 0.621. The second kappa shape index (κ2) is 7.06. The molecule has 2 aromatic carbocycles. The Balaban J connectivity index is 2.11. The van der Waals surface area contributed by atoms with E-state index in [-0.39, 0.29) is 0 Å². The van der Waals surface area contributed by atoms with Gasteiger partial charge in [0.05, 0.1) is 19.4 Å². The predicted octanol–water partition coefficient (Wildman–Crippen LogP) is 4.36. The standard InChI is InChI=1S/C16H18ClNO2/c1-3-20-16-8-7-13(17)10-15(16)18-11-12-5-4-6-14(9-12)19-2/h4-10,18H,3,11H2,1-2H3. The van der Waals surface area contributed by atoms with E-state index in [1.807, 2.05) is 49.4 Å². The summed E-state index contributed by atoms with van der Waals surface area (Å²) in [6.07, 6.45) is 0. The molecule has 0 unspecified atom stereocenters. The molecule has 0 saturated heterocycles. The summed E-state index contributed by atoms with van der Waals surface area (Å²) >= 11 is 6.03. The summed E-state index contributed by atoms with van der Waals surface area (Å²) in [5.41, 5.74) is 2.02. The van der Waals surface area contributed by atoms with Gasteiger partial charge in [0.1, 0.15) is 11.5 Å². The number of methoxy groups -OCH3 is 1. The first-order valence-corrected chi connectivity index (χ1v) is 6.90. The van der Waals surface area contributed by atoms with Crippen LogP contribution in [0, 0.1) is 0 Å². The predicted molar refractivity (Wildman–Crippen MR) is 82.9 cm³/mol. The third-order valence-electron chi connectivity index (χ3n) is 2.86. The Bertz CT molecular complexity index is 572. The number of nitrogens with one attached hydrogen (secondary N) is 1. The molecule has 0 heterocycles. The van der Waals surface area contributed by atoms with Crippen LogP contribution in [0.25, 0.3) is 0 Å². The fraction of sp³-hybridized carbons (Fsp3) is 0.250. The Kier molecular flexibility index (Phi) is 5.13. The van der Waals surface area contributed by atoms with Gasteiger partial charge >= 0.3 is 0 Å². The molecule has 2 aromatic rings. The average Bonchev–Trinajstić information content (AvgIpc) is 2.48. The highest BCUT2D eigenvalue weighted by Gasteiger charge is 2.04. The lowest BCUT2D eigenvalue weighted by atomic mass is 10.2. The summed E-state index contributed by atoms with van der Waals surface area (Å²) in [7, 11) is 1.66. The first-order chi connectivity index (χ1) is 9.72. The van der Waals surface area contributed by atoms with E-state index in [4.69, 9.17) is 21.1 Å². The summed E-state index contributed by atoms with van der Waals surface area (Å²) in [6.45, 7) is 3.26. The van der Waals surface area contributed by atoms with Gasteiger partial charge in [0, 0.05) is 11.6 Å². The van der Waals surface area contributed by atoms with E-state index in [2.05, 4.69) is 5.32 Å². The smallest absolute Gasteiger partial charge is 0.142 e. The van der Waals surface area contributed by atoms with Crippen molar-refractivity contribution in [3.05, 3.63) is 53.1 Å². The maximum atomic E-state index is 6.03. The van der Waals surface area contributed by atoms with Crippen molar-refractivity contribution >= 4 is 17.3 Å². The molecule has 0 radical (unpaired) electrons. The monoisotopic (exact) mass is 291 g/mol. The van der Waals surface area contributed by atoms with Gasteiger partial charge < -0.3 is 14.8 Å². The SMILES string of the molecule is CCOc1ccc(Cl)cc1NCc1cccc(OC)c1. The van der Waals surface area contributed by atoms with Crippen molar-refractivity contribution in [2.24, 2.45) is 0 Å².